The van der Waals surface area contributed by atoms with Crippen LogP contribution in [-0.4, -0.2) is 15.8 Å². The fourth-order valence-corrected chi connectivity index (χ4v) is 3.96. The number of phenolic OH excluding ortho intramolecular Hbond substituents is 1. The van der Waals surface area contributed by atoms with Gasteiger partial charge in [0.15, 0.2) is 5.78 Å². The SMILES string of the molecule is CC(=O)c1cc(NCc2cc([N+](=O)[O-])ccc2Sc2ccc(C)cc2)cc(Cl)c1O. The van der Waals surface area contributed by atoms with Gasteiger partial charge in [-0.1, -0.05) is 41.1 Å². The van der Waals surface area contributed by atoms with Gasteiger partial charge in [0, 0.05) is 34.2 Å². The van der Waals surface area contributed by atoms with Crippen LogP contribution in [0.4, 0.5) is 11.4 Å². The van der Waals surface area contributed by atoms with Gasteiger partial charge in [-0.25, -0.2) is 0 Å². The summed E-state index contributed by atoms with van der Waals surface area (Å²) in [5.41, 5.74) is 2.51. The lowest BCUT2D eigenvalue weighted by Gasteiger charge is -2.13. The molecule has 0 aliphatic heterocycles. The zero-order chi connectivity index (χ0) is 21.8. The van der Waals surface area contributed by atoms with Gasteiger partial charge >= 0.3 is 0 Å². The van der Waals surface area contributed by atoms with Crippen molar-refractivity contribution >= 4 is 40.5 Å². The van der Waals surface area contributed by atoms with Crippen molar-refractivity contribution in [2.24, 2.45) is 0 Å². The average Bonchev–Trinajstić information content (AvgIpc) is 2.70. The number of Topliss-reactive ketones (excluding diaryl/α,β-unsaturated/α-hetero) is 1. The summed E-state index contributed by atoms with van der Waals surface area (Å²) in [5, 5.41) is 24.4. The third-order valence-corrected chi connectivity index (χ3v) is 5.84. The summed E-state index contributed by atoms with van der Waals surface area (Å²) >= 11 is 7.54. The highest BCUT2D eigenvalue weighted by molar-refractivity contribution is 7.99. The van der Waals surface area contributed by atoms with Crippen molar-refractivity contribution < 1.29 is 14.8 Å². The number of nitrogens with zero attached hydrogens (tertiary/aromatic N) is 1. The van der Waals surface area contributed by atoms with Crippen molar-refractivity contribution in [1.82, 2.24) is 0 Å². The molecule has 30 heavy (non-hydrogen) atoms. The third kappa shape index (κ3) is 5.11. The van der Waals surface area contributed by atoms with Gasteiger partial charge in [0.05, 0.1) is 15.5 Å². The number of anilines is 1. The Bertz CT molecular complexity index is 1120. The first-order valence-corrected chi connectivity index (χ1v) is 10.2. The fraction of sp³-hybridized carbons (Fsp3) is 0.136. The van der Waals surface area contributed by atoms with Gasteiger partial charge in [0.2, 0.25) is 0 Å². The quantitative estimate of drug-likeness (QED) is 0.195. The van der Waals surface area contributed by atoms with Gasteiger partial charge in [-0.15, -0.1) is 0 Å². The van der Waals surface area contributed by atoms with Gasteiger partial charge in [-0.05, 0) is 49.7 Å². The van der Waals surface area contributed by atoms with E-state index in [2.05, 4.69) is 5.32 Å². The molecule has 0 heterocycles. The van der Waals surface area contributed by atoms with Crippen molar-refractivity contribution in [3.8, 4) is 5.75 Å². The molecule has 154 valence electrons. The zero-order valence-corrected chi connectivity index (χ0v) is 17.9. The molecule has 6 nitrogen and oxygen atoms in total. The maximum Gasteiger partial charge on any atom is 0.269 e. The zero-order valence-electron chi connectivity index (χ0n) is 16.3. The Morgan fingerprint density at radius 3 is 2.50 bits per heavy atom. The van der Waals surface area contributed by atoms with E-state index in [-0.39, 0.29) is 34.4 Å². The van der Waals surface area contributed by atoms with Crippen LogP contribution in [0.15, 0.2) is 64.4 Å². The van der Waals surface area contributed by atoms with Gasteiger partial charge in [-0.2, -0.15) is 0 Å². The average molecular weight is 443 g/mol. The minimum atomic E-state index is -0.435. The van der Waals surface area contributed by atoms with Crippen LogP contribution in [0.2, 0.25) is 5.02 Å². The summed E-state index contributed by atoms with van der Waals surface area (Å²) in [5.74, 6) is -0.579. The lowest BCUT2D eigenvalue weighted by molar-refractivity contribution is -0.385. The third-order valence-electron chi connectivity index (χ3n) is 4.43. The number of nitrogens with one attached hydrogen (secondary N) is 1. The molecule has 0 aliphatic carbocycles. The van der Waals surface area contributed by atoms with Crippen LogP contribution in [-0.2, 0) is 6.54 Å². The minimum Gasteiger partial charge on any atom is -0.506 e. The molecule has 0 saturated carbocycles. The smallest absolute Gasteiger partial charge is 0.269 e. The number of nitro groups is 1. The molecule has 2 N–H and O–H groups in total. The molecule has 0 unspecified atom stereocenters. The maximum atomic E-state index is 11.7. The maximum absolute atomic E-state index is 11.7. The number of nitro benzene ring substituents is 1. The molecule has 3 aromatic carbocycles. The molecule has 0 aromatic heterocycles. The summed E-state index contributed by atoms with van der Waals surface area (Å²) in [7, 11) is 0. The molecule has 0 bridgehead atoms. The normalized spacial score (nSPS) is 10.6. The van der Waals surface area contributed by atoms with Crippen LogP contribution in [0, 0.1) is 17.0 Å². The number of halogens is 1. The molecule has 0 aliphatic rings. The number of carbonyl (C=O) groups excluding carboxylic acids is 1. The monoisotopic (exact) mass is 442 g/mol. The molecule has 0 saturated heterocycles. The number of ketones is 1. The number of hydrogen-bond donors (Lipinski definition) is 2. The van der Waals surface area contributed by atoms with Crippen molar-refractivity contribution in [2.45, 2.75) is 30.2 Å². The molecule has 0 fully saturated rings. The number of aromatic hydroxyl groups is 1. The lowest BCUT2D eigenvalue weighted by atomic mass is 10.1. The molecular weight excluding hydrogens is 424 g/mol. The summed E-state index contributed by atoms with van der Waals surface area (Å²) in [4.78, 5) is 24.4. The van der Waals surface area contributed by atoms with Crippen LogP contribution < -0.4 is 5.32 Å². The second-order valence-corrected chi connectivity index (χ2v) is 8.25. The summed E-state index contributed by atoms with van der Waals surface area (Å²) < 4.78 is 0. The Labute approximate surface area is 183 Å². The summed E-state index contributed by atoms with van der Waals surface area (Å²) in [6, 6.07) is 15.8. The first kappa shape index (κ1) is 21.7. The predicted octanol–water partition coefficient (Wildman–Crippen LogP) is 6.23. The number of non-ortho nitro benzene ring substituents is 1. The van der Waals surface area contributed by atoms with Crippen LogP contribution >= 0.6 is 23.4 Å². The largest absolute Gasteiger partial charge is 0.506 e. The Morgan fingerprint density at radius 2 is 1.87 bits per heavy atom. The summed E-state index contributed by atoms with van der Waals surface area (Å²) in [6.07, 6.45) is 0. The van der Waals surface area contributed by atoms with Gasteiger partial charge < -0.3 is 10.4 Å². The molecule has 8 heteroatoms. The number of rotatable bonds is 7. The van der Waals surface area contributed by atoms with E-state index >= 15 is 0 Å². The number of aryl methyl sites for hydroxylation is 1. The van der Waals surface area contributed by atoms with Crippen molar-refractivity contribution in [2.75, 3.05) is 5.32 Å². The van der Waals surface area contributed by atoms with Gasteiger partial charge in [-0.3, -0.25) is 14.9 Å². The highest BCUT2D eigenvalue weighted by Gasteiger charge is 2.15. The number of carbonyl (C=O) groups is 1. The van der Waals surface area contributed by atoms with E-state index in [0.717, 1.165) is 20.9 Å². The Morgan fingerprint density at radius 1 is 1.17 bits per heavy atom. The van der Waals surface area contributed by atoms with E-state index in [1.807, 2.05) is 31.2 Å². The van der Waals surface area contributed by atoms with E-state index < -0.39 is 4.92 Å². The van der Waals surface area contributed by atoms with Crippen LogP contribution in [0.5, 0.6) is 5.75 Å². The molecule has 0 spiro atoms. The molecule has 0 amide bonds. The predicted molar refractivity (Wildman–Crippen MR) is 119 cm³/mol. The number of benzene rings is 3. The fourth-order valence-electron chi connectivity index (χ4n) is 2.82. The topological polar surface area (TPSA) is 92.5 Å². The Kier molecular flexibility index (Phi) is 6.64. The standard InChI is InChI=1S/C22H19ClN2O4S/c1-13-3-6-18(7-4-13)30-21-8-5-17(25(28)29)9-15(21)12-24-16-10-19(14(2)26)22(27)20(23)11-16/h3-11,24,27H,12H2,1-2H3. The van der Waals surface area contributed by atoms with E-state index in [1.54, 1.807) is 6.07 Å². The van der Waals surface area contributed by atoms with Crippen LogP contribution in [0.3, 0.4) is 0 Å². The first-order valence-electron chi connectivity index (χ1n) is 9.03. The molecule has 0 radical (unpaired) electrons. The summed E-state index contributed by atoms with van der Waals surface area (Å²) in [6.45, 7) is 3.62. The molecule has 3 aromatic rings. The number of hydrogen-bond acceptors (Lipinski definition) is 6. The lowest BCUT2D eigenvalue weighted by Crippen LogP contribution is -2.04. The number of phenols is 1. The van der Waals surface area contributed by atoms with E-state index in [9.17, 15) is 20.0 Å². The minimum absolute atomic E-state index is 0.00628. The van der Waals surface area contributed by atoms with E-state index in [4.69, 9.17) is 11.6 Å². The first-order chi connectivity index (χ1) is 14.2. The van der Waals surface area contributed by atoms with Crippen LogP contribution in [0.1, 0.15) is 28.4 Å². The Hall–Kier alpha value is -3.03. The molecular formula is C22H19ClN2O4S. The van der Waals surface area contributed by atoms with Crippen molar-refractivity contribution in [1.29, 1.82) is 0 Å². The molecule has 0 atom stereocenters. The van der Waals surface area contributed by atoms with Gasteiger partial charge in [0.1, 0.15) is 5.75 Å². The highest BCUT2D eigenvalue weighted by atomic mass is 35.5. The van der Waals surface area contributed by atoms with E-state index in [0.29, 0.717) is 5.69 Å². The van der Waals surface area contributed by atoms with E-state index in [1.165, 1.54) is 43.0 Å². The Balaban J connectivity index is 1.90. The van der Waals surface area contributed by atoms with Gasteiger partial charge in [0.25, 0.3) is 5.69 Å². The second-order valence-electron chi connectivity index (χ2n) is 6.73. The second kappa shape index (κ2) is 9.19. The van der Waals surface area contributed by atoms with Crippen LogP contribution in [0.25, 0.3) is 0 Å². The molecule has 3 rings (SSSR count). The van der Waals surface area contributed by atoms with Crippen molar-refractivity contribution in [3.05, 3.63) is 86.4 Å². The van der Waals surface area contributed by atoms with Crippen molar-refractivity contribution in [3.63, 3.8) is 0 Å². The highest BCUT2D eigenvalue weighted by Crippen LogP contribution is 2.35.